The van der Waals surface area contributed by atoms with Gasteiger partial charge in [0, 0.05) is 39.1 Å². The average Bonchev–Trinajstić information content (AvgIpc) is 2.59. The second-order valence-corrected chi connectivity index (χ2v) is 6.21. The standard InChI is InChI=1S/C18H25F3N2O2/c1-2-3-17(24)23(9-8-22-10-12-25-13-11-22)14-15-4-6-16(7-5-15)18(19,20)21/h4-7H,2-3,8-14H2,1H3. The average molecular weight is 358 g/mol. The van der Waals surface area contributed by atoms with E-state index in [1.54, 1.807) is 4.90 Å². The Morgan fingerprint density at radius 1 is 1.20 bits per heavy atom. The Morgan fingerprint density at radius 3 is 2.40 bits per heavy atom. The SMILES string of the molecule is CCCC(=O)N(CCN1CCOCC1)Cc1ccc(C(F)(F)F)cc1. The predicted molar refractivity (Wildman–Crippen MR) is 89.0 cm³/mol. The van der Waals surface area contributed by atoms with Gasteiger partial charge in [0.25, 0.3) is 0 Å². The molecule has 1 aromatic carbocycles. The first-order valence-corrected chi connectivity index (χ1v) is 8.64. The van der Waals surface area contributed by atoms with Crippen molar-refractivity contribution in [3.05, 3.63) is 35.4 Å². The summed E-state index contributed by atoms with van der Waals surface area (Å²) < 4.78 is 43.3. The number of ether oxygens (including phenoxy) is 1. The third kappa shape index (κ3) is 6.32. The van der Waals surface area contributed by atoms with Crippen molar-refractivity contribution in [1.82, 2.24) is 9.80 Å². The first-order chi connectivity index (χ1) is 11.9. The quantitative estimate of drug-likeness (QED) is 0.751. The number of amides is 1. The monoisotopic (exact) mass is 358 g/mol. The molecule has 0 radical (unpaired) electrons. The molecule has 0 N–H and O–H groups in total. The van der Waals surface area contributed by atoms with Gasteiger partial charge in [0.15, 0.2) is 0 Å². The van der Waals surface area contributed by atoms with Crippen LogP contribution in [0.3, 0.4) is 0 Å². The van der Waals surface area contributed by atoms with Crippen LogP contribution < -0.4 is 0 Å². The van der Waals surface area contributed by atoms with Gasteiger partial charge in [0.05, 0.1) is 18.8 Å². The Kier molecular flexibility index (Phi) is 7.25. The highest BCUT2D eigenvalue weighted by atomic mass is 19.4. The van der Waals surface area contributed by atoms with Crippen LogP contribution in [0.4, 0.5) is 13.2 Å². The number of hydrogen-bond acceptors (Lipinski definition) is 3. The minimum absolute atomic E-state index is 0.0376. The highest BCUT2D eigenvalue weighted by Crippen LogP contribution is 2.29. The summed E-state index contributed by atoms with van der Waals surface area (Å²) in [4.78, 5) is 16.3. The van der Waals surface area contributed by atoms with E-state index >= 15 is 0 Å². The number of halogens is 3. The van der Waals surface area contributed by atoms with Crippen LogP contribution in [0.1, 0.15) is 30.9 Å². The van der Waals surface area contributed by atoms with Gasteiger partial charge in [0.2, 0.25) is 5.91 Å². The summed E-state index contributed by atoms with van der Waals surface area (Å²) in [6.45, 7) is 6.67. The minimum atomic E-state index is -4.34. The second kappa shape index (κ2) is 9.20. The fourth-order valence-corrected chi connectivity index (χ4v) is 2.77. The lowest BCUT2D eigenvalue weighted by Gasteiger charge is -2.30. The number of hydrogen-bond donors (Lipinski definition) is 0. The lowest BCUT2D eigenvalue weighted by molar-refractivity contribution is -0.137. The van der Waals surface area contributed by atoms with Gasteiger partial charge in [-0.15, -0.1) is 0 Å². The normalized spacial score (nSPS) is 16.0. The zero-order valence-electron chi connectivity index (χ0n) is 14.5. The molecular weight excluding hydrogens is 333 g/mol. The molecule has 2 rings (SSSR count). The maximum absolute atomic E-state index is 12.7. The van der Waals surface area contributed by atoms with E-state index in [1.807, 2.05) is 6.92 Å². The van der Waals surface area contributed by atoms with Crippen molar-refractivity contribution >= 4 is 5.91 Å². The molecule has 1 aliphatic heterocycles. The first kappa shape index (κ1) is 19.7. The molecular formula is C18H25F3N2O2. The van der Waals surface area contributed by atoms with E-state index in [-0.39, 0.29) is 5.91 Å². The van der Waals surface area contributed by atoms with Crippen LogP contribution in [0.2, 0.25) is 0 Å². The third-order valence-corrected chi connectivity index (χ3v) is 4.26. The number of alkyl halides is 3. The molecule has 7 heteroatoms. The van der Waals surface area contributed by atoms with Crippen LogP contribution in [0.15, 0.2) is 24.3 Å². The van der Waals surface area contributed by atoms with Crippen molar-refractivity contribution in [1.29, 1.82) is 0 Å². The van der Waals surface area contributed by atoms with Crippen LogP contribution >= 0.6 is 0 Å². The summed E-state index contributed by atoms with van der Waals surface area (Å²) in [6.07, 6.45) is -3.14. The molecule has 1 heterocycles. The van der Waals surface area contributed by atoms with Crippen molar-refractivity contribution in [3.8, 4) is 0 Å². The fraction of sp³-hybridized carbons (Fsp3) is 0.611. The smallest absolute Gasteiger partial charge is 0.379 e. The maximum Gasteiger partial charge on any atom is 0.416 e. The van der Waals surface area contributed by atoms with Crippen LogP contribution in [-0.2, 0) is 22.3 Å². The van der Waals surface area contributed by atoms with Crippen LogP contribution in [-0.4, -0.2) is 55.1 Å². The summed E-state index contributed by atoms with van der Waals surface area (Å²) >= 11 is 0. The highest BCUT2D eigenvalue weighted by molar-refractivity contribution is 5.76. The van der Waals surface area contributed by atoms with E-state index in [1.165, 1.54) is 12.1 Å². The van der Waals surface area contributed by atoms with Gasteiger partial charge >= 0.3 is 6.18 Å². The van der Waals surface area contributed by atoms with E-state index in [4.69, 9.17) is 4.74 Å². The third-order valence-electron chi connectivity index (χ3n) is 4.26. The fourth-order valence-electron chi connectivity index (χ4n) is 2.77. The lowest BCUT2D eigenvalue weighted by Crippen LogP contribution is -2.42. The van der Waals surface area contributed by atoms with Crippen molar-refractivity contribution in [3.63, 3.8) is 0 Å². The van der Waals surface area contributed by atoms with Gasteiger partial charge in [-0.25, -0.2) is 0 Å². The molecule has 0 aromatic heterocycles. The van der Waals surface area contributed by atoms with E-state index in [0.717, 1.165) is 38.2 Å². The summed E-state index contributed by atoms with van der Waals surface area (Å²) in [6, 6.07) is 5.03. The van der Waals surface area contributed by atoms with E-state index in [9.17, 15) is 18.0 Å². The topological polar surface area (TPSA) is 32.8 Å². The van der Waals surface area contributed by atoms with Crippen molar-refractivity contribution < 1.29 is 22.7 Å². The molecule has 1 fully saturated rings. The number of rotatable bonds is 7. The molecule has 0 spiro atoms. The van der Waals surface area contributed by atoms with Crippen LogP contribution in [0, 0.1) is 0 Å². The molecule has 1 aliphatic rings. The van der Waals surface area contributed by atoms with Crippen LogP contribution in [0.5, 0.6) is 0 Å². The summed E-state index contributed by atoms with van der Waals surface area (Å²) in [5, 5.41) is 0. The summed E-state index contributed by atoms with van der Waals surface area (Å²) in [5.41, 5.74) is 0.0374. The molecule has 0 aliphatic carbocycles. The Hall–Kier alpha value is -1.60. The Morgan fingerprint density at radius 2 is 1.84 bits per heavy atom. The molecule has 25 heavy (non-hydrogen) atoms. The zero-order chi connectivity index (χ0) is 18.3. The molecule has 0 saturated carbocycles. The molecule has 0 bridgehead atoms. The summed E-state index contributed by atoms with van der Waals surface area (Å²) in [5.74, 6) is 0.0376. The van der Waals surface area contributed by atoms with Gasteiger partial charge in [-0.3, -0.25) is 9.69 Å². The number of morpholine rings is 1. The number of benzene rings is 1. The largest absolute Gasteiger partial charge is 0.416 e. The van der Waals surface area contributed by atoms with Crippen molar-refractivity contribution in [2.24, 2.45) is 0 Å². The number of carbonyl (C=O) groups is 1. The van der Waals surface area contributed by atoms with Crippen molar-refractivity contribution in [2.45, 2.75) is 32.5 Å². The Balaban J connectivity index is 1.98. The second-order valence-electron chi connectivity index (χ2n) is 6.21. The number of nitrogens with zero attached hydrogens (tertiary/aromatic N) is 2. The highest BCUT2D eigenvalue weighted by Gasteiger charge is 2.30. The van der Waals surface area contributed by atoms with Gasteiger partial charge < -0.3 is 9.64 Å². The first-order valence-electron chi connectivity index (χ1n) is 8.64. The molecule has 140 valence electrons. The van der Waals surface area contributed by atoms with Gasteiger partial charge in [-0.05, 0) is 24.1 Å². The van der Waals surface area contributed by atoms with Crippen LogP contribution in [0.25, 0.3) is 0 Å². The van der Waals surface area contributed by atoms with E-state index < -0.39 is 11.7 Å². The zero-order valence-corrected chi connectivity index (χ0v) is 14.5. The summed E-state index contributed by atoms with van der Waals surface area (Å²) in [7, 11) is 0. The predicted octanol–water partition coefficient (Wildman–Crippen LogP) is 3.17. The molecule has 4 nitrogen and oxygen atoms in total. The molecule has 1 saturated heterocycles. The Labute approximate surface area is 146 Å². The Bertz CT molecular complexity index is 540. The molecule has 0 unspecified atom stereocenters. The van der Waals surface area contributed by atoms with Gasteiger partial charge in [0.1, 0.15) is 0 Å². The molecule has 1 amide bonds. The maximum atomic E-state index is 12.7. The van der Waals surface area contributed by atoms with E-state index in [0.29, 0.717) is 38.3 Å². The minimum Gasteiger partial charge on any atom is -0.379 e. The van der Waals surface area contributed by atoms with Gasteiger partial charge in [-0.2, -0.15) is 13.2 Å². The lowest BCUT2D eigenvalue weighted by atomic mass is 10.1. The molecule has 0 atom stereocenters. The van der Waals surface area contributed by atoms with Gasteiger partial charge in [-0.1, -0.05) is 19.1 Å². The van der Waals surface area contributed by atoms with Crippen molar-refractivity contribution in [2.75, 3.05) is 39.4 Å². The molecule has 1 aromatic rings. The van der Waals surface area contributed by atoms with E-state index in [2.05, 4.69) is 4.90 Å². The number of carbonyl (C=O) groups excluding carboxylic acids is 1.